The minimum absolute atomic E-state index is 0.199. The molecule has 0 aliphatic carbocycles. The predicted molar refractivity (Wildman–Crippen MR) is 131 cm³/mol. The molecule has 1 N–H and O–H groups in total. The summed E-state index contributed by atoms with van der Waals surface area (Å²) in [6.07, 6.45) is 0. The first-order valence-electron chi connectivity index (χ1n) is 10.9. The van der Waals surface area contributed by atoms with E-state index in [4.69, 9.17) is 9.47 Å². The molecule has 1 amide bonds. The summed E-state index contributed by atoms with van der Waals surface area (Å²) in [5.41, 5.74) is 1.98. The number of amides is 1. The number of hydrogen-bond donors (Lipinski definition) is 1. The molecule has 1 heterocycles. The summed E-state index contributed by atoms with van der Waals surface area (Å²) < 4.78 is 38.2. The van der Waals surface area contributed by atoms with Gasteiger partial charge in [0.05, 0.1) is 19.1 Å². The molecule has 0 bridgehead atoms. The number of methoxy groups -OCH3 is 2. The number of ether oxygens (including phenoxy) is 2. The van der Waals surface area contributed by atoms with E-state index in [0.29, 0.717) is 48.9 Å². The second-order valence-corrected chi connectivity index (χ2v) is 9.71. The summed E-state index contributed by atoms with van der Waals surface area (Å²) in [5, 5.41) is 2.78. The van der Waals surface area contributed by atoms with Crippen LogP contribution in [0.1, 0.15) is 10.4 Å². The lowest BCUT2D eigenvalue weighted by Gasteiger charge is -2.35. The highest BCUT2D eigenvalue weighted by atomic mass is 32.2. The van der Waals surface area contributed by atoms with E-state index in [-0.39, 0.29) is 10.8 Å². The lowest BCUT2D eigenvalue weighted by atomic mass is 10.2. The number of anilines is 2. The fraction of sp³-hybridized carbons (Fsp3) is 0.240. The summed E-state index contributed by atoms with van der Waals surface area (Å²) >= 11 is 0. The third-order valence-corrected chi connectivity index (χ3v) is 7.67. The van der Waals surface area contributed by atoms with Crippen LogP contribution in [-0.2, 0) is 10.0 Å². The molecule has 1 aliphatic heterocycles. The van der Waals surface area contributed by atoms with E-state index in [1.807, 2.05) is 30.3 Å². The van der Waals surface area contributed by atoms with Gasteiger partial charge in [-0.2, -0.15) is 4.31 Å². The van der Waals surface area contributed by atoms with Crippen LogP contribution in [0.15, 0.2) is 77.7 Å². The Bertz CT molecular complexity index is 1240. The van der Waals surface area contributed by atoms with Crippen molar-refractivity contribution in [1.82, 2.24) is 4.31 Å². The van der Waals surface area contributed by atoms with Gasteiger partial charge in [-0.05, 0) is 54.6 Å². The Balaban J connectivity index is 1.40. The van der Waals surface area contributed by atoms with Gasteiger partial charge >= 0.3 is 0 Å². The number of para-hydroxylation sites is 1. The zero-order valence-corrected chi connectivity index (χ0v) is 19.9. The van der Waals surface area contributed by atoms with Crippen LogP contribution in [0.2, 0.25) is 0 Å². The number of carbonyl (C=O) groups excluding carboxylic acids is 1. The monoisotopic (exact) mass is 481 g/mol. The number of nitrogens with zero attached hydrogens (tertiary/aromatic N) is 2. The number of rotatable bonds is 7. The molecule has 34 heavy (non-hydrogen) atoms. The van der Waals surface area contributed by atoms with E-state index in [1.54, 1.807) is 30.3 Å². The minimum atomic E-state index is -3.62. The van der Waals surface area contributed by atoms with Crippen molar-refractivity contribution in [2.24, 2.45) is 0 Å². The van der Waals surface area contributed by atoms with Crippen molar-refractivity contribution in [2.75, 3.05) is 50.6 Å². The van der Waals surface area contributed by atoms with Crippen molar-refractivity contribution in [3.05, 3.63) is 78.4 Å². The molecule has 1 saturated heterocycles. The molecule has 9 heteroatoms. The number of carbonyl (C=O) groups is 1. The van der Waals surface area contributed by atoms with Crippen LogP contribution in [0.5, 0.6) is 11.5 Å². The molecule has 0 unspecified atom stereocenters. The Morgan fingerprint density at radius 1 is 0.824 bits per heavy atom. The van der Waals surface area contributed by atoms with Crippen molar-refractivity contribution in [3.63, 3.8) is 0 Å². The molecule has 3 aromatic carbocycles. The van der Waals surface area contributed by atoms with E-state index < -0.39 is 10.0 Å². The minimum Gasteiger partial charge on any atom is -0.493 e. The molecule has 1 aliphatic rings. The Kier molecular flexibility index (Phi) is 7.04. The Labute approximate surface area is 199 Å². The quantitative estimate of drug-likeness (QED) is 0.556. The molecule has 0 saturated carbocycles. The van der Waals surface area contributed by atoms with Crippen molar-refractivity contribution in [3.8, 4) is 11.5 Å². The lowest BCUT2D eigenvalue weighted by Crippen LogP contribution is -2.48. The highest BCUT2D eigenvalue weighted by Crippen LogP contribution is 2.28. The summed E-state index contributed by atoms with van der Waals surface area (Å²) in [5.74, 6) is 0.635. The first kappa shape index (κ1) is 23.6. The molecule has 1 fully saturated rings. The Morgan fingerprint density at radius 2 is 1.47 bits per heavy atom. The molecule has 0 radical (unpaired) electrons. The van der Waals surface area contributed by atoms with Crippen LogP contribution in [0.4, 0.5) is 11.4 Å². The normalized spacial score (nSPS) is 14.5. The van der Waals surface area contributed by atoms with Gasteiger partial charge in [0.2, 0.25) is 10.0 Å². The highest BCUT2D eigenvalue weighted by molar-refractivity contribution is 7.89. The maximum atomic E-state index is 13.1. The van der Waals surface area contributed by atoms with Gasteiger partial charge in [-0.15, -0.1) is 0 Å². The SMILES string of the molecule is COc1ccc(C(=O)Nc2ccc(S(=O)(=O)N3CCN(c4ccccc4)CC3)cc2)cc1OC. The number of benzene rings is 3. The lowest BCUT2D eigenvalue weighted by molar-refractivity contribution is 0.102. The van der Waals surface area contributed by atoms with E-state index in [1.165, 1.54) is 30.7 Å². The third-order valence-electron chi connectivity index (χ3n) is 5.76. The molecular weight excluding hydrogens is 454 g/mol. The Morgan fingerprint density at radius 3 is 2.09 bits per heavy atom. The number of hydrogen-bond acceptors (Lipinski definition) is 6. The summed E-state index contributed by atoms with van der Waals surface area (Å²) in [6.45, 7) is 2.08. The van der Waals surface area contributed by atoms with Crippen molar-refractivity contribution >= 4 is 27.3 Å². The van der Waals surface area contributed by atoms with Gasteiger partial charge in [0, 0.05) is 43.1 Å². The van der Waals surface area contributed by atoms with E-state index in [0.717, 1.165) is 5.69 Å². The van der Waals surface area contributed by atoms with E-state index in [2.05, 4.69) is 10.2 Å². The van der Waals surface area contributed by atoms with Crippen molar-refractivity contribution < 1.29 is 22.7 Å². The third kappa shape index (κ3) is 5.00. The van der Waals surface area contributed by atoms with Crippen LogP contribution in [-0.4, -0.2) is 59.0 Å². The number of sulfonamides is 1. The number of nitrogens with one attached hydrogen (secondary N) is 1. The van der Waals surface area contributed by atoms with Crippen LogP contribution in [0.3, 0.4) is 0 Å². The molecule has 0 aromatic heterocycles. The van der Waals surface area contributed by atoms with Crippen molar-refractivity contribution in [1.29, 1.82) is 0 Å². The standard InChI is InChI=1S/C25H27N3O5S/c1-32-23-13-8-19(18-24(23)33-2)25(29)26-20-9-11-22(12-10-20)34(30,31)28-16-14-27(15-17-28)21-6-4-3-5-7-21/h3-13,18H,14-17H2,1-2H3,(H,26,29). The molecular formula is C25H27N3O5S. The average Bonchev–Trinajstić information content (AvgIpc) is 2.89. The maximum absolute atomic E-state index is 13.1. The summed E-state index contributed by atoms with van der Waals surface area (Å²) in [6, 6.07) is 21.0. The molecule has 4 rings (SSSR count). The zero-order valence-electron chi connectivity index (χ0n) is 19.1. The van der Waals surface area contributed by atoms with Crippen molar-refractivity contribution in [2.45, 2.75) is 4.90 Å². The first-order chi connectivity index (χ1) is 16.4. The van der Waals surface area contributed by atoms with E-state index >= 15 is 0 Å². The average molecular weight is 482 g/mol. The first-order valence-corrected chi connectivity index (χ1v) is 12.3. The largest absolute Gasteiger partial charge is 0.493 e. The van der Waals surface area contributed by atoms with Gasteiger partial charge in [0.1, 0.15) is 0 Å². The molecule has 8 nitrogen and oxygen atoms in total. The number of piperazine rings is 1. The van der Waals surface area contributed by atoms with Crippen LogP contribution >= 0.6 is 0 Å². The topological polar surface area (TPSA) is 88.2 Å². The van der Waals surface area contributed by atoms with Crippen LogP contribution in [0.25, 0.3) is 0 Å². The second-order valence-electron chi connectivity index (χ2n) is 7.77. The van der Waals surface area contributed by atoms with E-state index in [9.17, 15) is 13.2 Å². The van der Waals surface area contributed by atoms with Gasteiger partial charge in [-0.25, -0.2) is 8.42 Å². The molecule has 0 spiro atoms. The van der Waals surface area contributed by atoms with Gasteiger partial charge in [0.15, 0.2) is 11.5 Å². The smallest absolute Gasteiger partial charge is 0.255 e. The zero-order chi connectivity index (χ0) is 24.1. The predicted octanol–water partition coefficient (Wildman–Crippen LogP) is 3.47. The van der Waals surface area contributed by atoms with Crippen LogP contribution in [0, 0.1) is 0 Å². The summed E-state index contributed by atoms with van der Waals surface area (Å²) in [7, 11) is -0.594. The second kappa shape index (κ2) is 10.1. The van der Waals surface area contributed by atoms with Gasteiger partial charge in [0.25, 0.3) is 5.91 Å². The molecule has 0 atom stereocenters. The highest BCUT2D eigenvalue weighted by Gasteiger charge is 2.28. The van der Waals surface area contributed by atoms with Crippen LogP contribution < -0.4 is 19.7 Å². The summed E-state index contributed by atoms with van der Waals surface area (Å²) in [4.78, 5) is 15.0. The molecule has 3 aromatic rings. The molecule has 178 valence electrons. The van der Waals surface area contributed by atoms with Gasteiger partial charge in [-0.3, -0.25) is 4.79 Å². The fourth-order valence-electron chi connectivity index (χ4n) is 3.87. The van der Waals surface area contributed by atoms with Gasteiger partial charge in [-0.1, -0.05) is 18.2 Å². The Hall–Kier alpha value is -3.56. The fourth-order valence-corrected chi connectivity index (χ4v) is 5.29. The maximum Gasteiger partial charge on any atom is 0.255 e. The van der Waals surface area contributed by atoms with Gasteiger partial charge < -0.3 is 19.7 Å².